The summed E-state index contributed by atoms with van der Waals surface area (Å²) in [6, 6.07) is 34.3. The van der Waals surface area contributed by atoms with Crippen LogP contribution in [0.2, 0.25) is 0 Å². The molecule has 1 aliphatic heterocycles. The molecule has 1 aliphatic rings. The maximum atomic E-state index is 5.96. The normalized spacial score (nSPS) is 12.4. The quantitative estimate of drug-likeness (QED) is 0.292. The fourth-order valence-corrected chi connectivity index (χ4v) is 4.62. The van der Waals surface area contributed by atoms with E-state index in [1.807, 2.05) is 10.8 Å². The smallest absolute Gasteiger partial charge is 0.223 e. The van der Waals surface area contributed by atoms with E-state index in [2.05, 4.69) is 95.6 Å². The number of hydrogen-bond donors (Lipinski definition) is 0. The molecule has 6 aromatic rings. The first-order valence-corrected chi connectivity index (χ1v) is 9.80. The Balaban J connectivity index is 1.70. The predicted molar refractivity (Wildman–Crippen MR) is 114 cm³/mol. The zero-order valence-electron chi connectivity index (χ0n) is 15.5. The van der Waals surface area contributed by atoms with Gasteiger partial charge in [-0.05, 0) is 42.5 Å². The summed E-state index contributed by atoms with van der Waals surface area (Å²) in [6.07, 6.45) is 0. The standard InChI is InChI=1S/C26H16N2O/c1-3-10-21-17(7-1)15-18-8-2-4-11-22(18)27(21)23-12-6-13-24-20(23)16-19-9-5-14-25-26(19)28(24)29-25/h1-16H/q+2. The number of aromatic nitrogens is 2. The molecule has 0 amide bonds. The van der Waals surface area contributed by atoms with Gasteiger partial charge >= 0.3 is 5.52 Å². The van der Waals surface area contributed by atoms with Gasteiger partial charge in [0.15, 0.2) is 0 Å². The van der Waals surface area contributed by atoms with Crippen molar-refractivity contribution >= 4 is 43.6 Å². The number of rotatable bonds is 1. The SMILES string of the molecule is c1cc2c3c(c1)cc1c(-[n+]4c5ccccc5cc5ccccc54)cccc1[n+]3O2. The molecule has 0 N–H and O–H groups in total. The molecule has 29 heavy (non-hydrogen) atoms. The van der Waals surface area contributed by atoms with Crippen LogP contribution in [-0.2, 0) is 0 Å². The maximum absolute atomic E-state index is 5.96. The van der Waals surface area contributed by atoms with E-state index in [1.54, 1.807) is 0 Å². The molecule has 0 fully saturated rings. The number of nitrogens with zero attached hydrogens (tertiary/aromatic N) is 2. The molecule has 2 aromatic heterocycles. The fourth-order valence-electron chi connectivity index (χ4n) is 4.62. The van der Waals surface area contributed by atoms with Gasteiger partial charge in [-0.2, -0.15) is 4.57 Å². The van der Waals surface area contributed by atoms with Crippen molar-refractivity contribution in [3.05, 3.63) is 97.1 Å². The highest BCUT2D eigenvalue weighted by Gasteiger charge is 2.34. The van der Waals surface area contributed by atoms with Crippen molar-refractivity contribution in [1.29, 1.82) is 0 Å². The Morgan fingerprint density at radius 1 is 0.552 bits per heavy atom. The van der Waals surface area contributed by atoms with Gasteiger partial charge in [0.05, 0.1) is 5.39 Å². The second-order valence-electron chi connectivity index (χ2n) is 7.53. The fraction of sp³-hybridized carbons (Fsp3) is 0. The van der Waals surface area contributed by atoms with Crippen LogP contribution in [0.5, 0.6) is 5.75 Å². The molecule has 0 saturated carbocycles. The zero-order valence-corrected chi connectivity index (χ0v) is 15.5. The van der Waals surface area contributed by atoms with Crippen LogP contribution in [-0.4, -0.2) is 0 Å². The topological polar surface area (TPSA) is 17.0 Å². The minimum absolute atomic E-state index is 0.943. The van der Waals surface area contributed by atoms with Crippen LogP contribution in [0, 0.1) is 0 Å². The second kappa shape index (κ2) is 5.30. The van der Waals surface area contributed by atoms with Crippen molar-refractivity contribution in [1.82, 2.24) is 0 Å². The predicted octanol–water partition coefficient (Wildman–Crippen LogP) is 5.02. The van der Waals surface area contributed by atoms with Gasteiger partial charge in [0.25, 0.3) is 11.3 Å². The lowest BCUT2D eigenvalue weighted by atomic mass is 10.1. The van der Waals surface area contributed by atoms with Crippen molar-refractivity contribution in [3.8, 4) is 11.4 Å². The third kappa shape index (κ3) is 1.91. The van der Waals surface area contributed by atoms with Gasteiger partial charge in [-0.15, -0.1) is 0 Å². The van der Waals surface area contributed by atoms with E-state index in [-0.39, 0.29) is 0 Å². The number of para-hydroxylation sites is 3. The largest absolute Gasteiger partial charge is 0.315 e. The highest BCUT2D eigenvalue weighted by molar-refractivity contribution is 5.96. The summed E-state index contributed by atoms with van der Waals surface area (Å²) < 4.78 is 4.33. The van der Waals surface area contributed by atoms with Crippen molar-refractivity contribution in [2.24, 2.45) is 0 Å². The molecule has 0 unspecified atom stereocenters. The Morgan fingerprint density at radius 2 is 1.21 bits per heavy atom. The van der Waals surface area contributed by atoms with Crippen LogP contribution < -0.4 is 14.1 Å². The first-order chi connectivity index (χ1) is 14.4. The van der Waals surface area contributed by atoms with Gasteiger partial charge in [0, 0.05) is 39.8 Å². The van der Waals surface area contributed by atoms with Crippen molar-refractivity contribution in [2.75, 3.05) is 0 Å². The van der Waals surface area contributed by atoms with Crippen molar-refractivity contribution < 1.29 is 14.1 Å². The molecule has 3 heteroatoms. The summed E-state index contributed by atoms with van der Waals surface area (Å²) in [5.41, 5.74) is 5.78. The summed E-state index contributed by atoms with van der Waals surface area (Å²) in [7, 11) is 0. The average molecular weight is 372 g/mol. The Hall–Kier alpha value is -3.98. The number of hydrogen-bond acceptors (Lipinski definition) is 1. The van der Waals surface area contributed by atoms with Crippen LogP contribution in [0.1, 0.15) is 0 Å². The zero-order chi connectivity index (χ0) is 18.9. The molecule has 0 radical (unpaired) electrons. The summed E-state index contributed by atoms with van der Waals surface area (Å²) >= 11 is 0. The molecular weight excluding hydrogens is 356 g/mol. The first kappa shape index (κ1) is 15.0. The Morgan fingerprint density at radius 3 is 2.00 bits per heavy atom. The first-order valence-electron chi connectivity index (χ1n) is 9.80. The number of fused-ring (bicyclic) bond motifs is 4. The van der Waals surface area contributed by atoms with E-state index in [9.17, 15) is 0 Å². The van der Waals surface area contributed by atoms with Gasteiger partial charge in [-0.25, -0.2) is 4.84 Å². The van der Waals surface area contributed by atoms with E-state index in [4.69, 9.17) is 4.84 Å². The maximum Gasteiger partial charge on any atom is 0.315 e. The van der Waals surface area contributed by atoms with Crippen molar-refractivity contribution in [3.63, 3.8) is 0 Å². The minimum Gasteiger partial charge on any atom is -0.223 e. The van der Waals surface area contributed by atoms with E-state index in [0.29, 0.717) is 0 Å². The summed E-state index contributed by atoms with van der Waals surface area (Å²) in [5.74, 6) is 0.943. The number of benzene rings is 4. The molecule has 0 atom stereocenters. The molecule has 0 saturated heterocycles. The minimum atomic E-state index is 0.943. The third-order valence-corrected chi connectivity index (χ3v) is 5.91. The highest BCUT2D eigenvalue weighted by atomic mass is 16.7. The van der Waals surface area contributed by atoms with Crippen molar-refractivity contribution in [2.45, 2.75) is 0 Å². The summed E-state index contributed by atoms with van der Waals surface area (Å²) in [6.45, 7) is 0. The Labute approximate surface area is 166 Å². The lowest BCUT2D eigenvalue weighted by molar-refractivity contribution is -0.856. The Kier molecular flexibility index (Phi) is 2.74. The van der Waals surface area contributed by atoms with Crippen LogP contribution in [0.25, 0.3) is 49.3 Å². The monoisotopic (exact) mass is 372 g/mol. The summed E-state index contributed by atoms with van der Waals surface area (Å²) in [5, 5.41) is 4.81. The van der Waals surface area contributed by atoms with E-state index in [1.165, 1.54) is 32.6 Å². The second-order valence-corrected chi connectivity index (χ2v) is 7.53. The summed E-state index contributed by atoms with van der Waals surface area (Å²) in [4.78, 5) is 5.96. The van der Waals surface area contributed by atoms with Gasteiger partial charge in [-0.3, -0.25) is 0 Å². The van der Waals surface area contributed by atoms with Gasteiger partial charge in [-0.1, -0.05) is 30.3 Å². The van der Waals surface area contributed by atoms with Crippen LogP contribution in [0.15, 0.2) is 97.1 Å². The van der Waals surface area contributed by atoms with Gasteiger partial charge in [0.1, 0.15) is 5.39 Å². The van der Waals surface area contributed by atoms with E-state index < -0.39 is 0 Å². The van der Waals surface area contributed by atoms with Gasteiger partial charge < -0.3 is 0 Å². The molecule has 0 bridgehead atoms. The molecule has 134 valence electrons. The Bertz CT molecular complexity index is 1580. The van der Waals surface area contributed by atoms with Crippen LogP contribution >= 0.6 is 0 Å². The van der Waals surface area contributed by atoms with E-state index >= 15 is 0 Å². The number of pyridine rings is 2. The van der Waals surface area contributed by atoms with Gasteiger partial charge in [0.2, 0.25) is 16.7 Å². The highest BCUT2D eigenvalue weighted by Crippen LogP contribution is 2.32. The molecule has 7 rings (SSSR count). The van der Waals surface area contributed by atoms with Crippen LogP contribution in [0.4, 0.5) is 0 Å². The van der Waals surface area contributed by atoms with E-state index in [0.717, 1.165) is 22.5 Å². The molecule has 3 heterocycles. The average Bonchev–Trinajstić information content (AvgIpc) is 2.75. The molecule has 3 nitrogen and oxygen atoms in total. The molecule has 4 aromatic carbocycles. The van der Waals surface area contributed by atoms with Crippen LogP contribution in [0.3, 0.4) is 0 Å². The molecular formula is C26H16N2O+2. The molecule has 0 aliphatic carbocycles. The lowest BCUT2D eigenvalue weighted by Crippen LogP contribution is -2.49. The lowest BCUT2D eigenvalue weighted by Gasteiger charge is -2.13. The third-order valence-electron chi connectivity index (χ3n) is 5.91. The molecule has 0 spiro atoms.